The third kappa shape index (κ3) is 5.57. The van der Waals surface area contributed by atoms with Crippen LogP contribution in [0.4, 0.5) is 4.39 Å². The fraction of sp³-hybridized carbons (Fsp3) is 0.348. The van der Waals surface area contributed by atoms with Gasteiger partial charge in [0.25, 0.3) is 11.8 Å². The molecule has 0 saturated carbocycles. The number of carbonyl (C=O) groups excluding carboxylic acids is 3. The van der Waals surface area contributed by atoms with Crippen molar-refractivity contribution in [3.8, 4) is 11.5 Å². The Kier molecular flexibility index (Phi) is 7.05. The summed E-state index contributed by atoms with van der Waals surface area (Å²) >= 11 is 11.6. The molecule has 2 aliphatic heterocycles. The van der Waals surface area contributed by atoms with Crippen LogP contribution < -0.4 is 14.8 Å². The highest BCUT2D eigenvalue weighted by Gasteiger charge is 2.35. The van der Waals surface area contributed by atoms with Gasteiger partial charge in [0, 0.05) is 30.2 Å². The number of benzene rings is 2. The fourth-order valence-corrected chi connectivity index (χ4v) is 4.16. The molecule has 0 spiro atoms. The van der Waals surface area contributed by atoms with E-state index in [0.717, 1.165) is 6.07 Å². The number of likely N-dealkylation sites (tertiary alicyclic amines) is 1. The van der Waals surface area contributed by atoms with E-state index < -0.39 is 11.9 Å². The molecule has 2 aromatic carbocycles. The number of carbonyl (C=O) groups is 3. The van der Waals surface area contributed by atoms with Crippen LogP contribution in [0.3, 0.4) is 0 Å². The van der Waals surface area contributed by atoms with Gasteiger partial charge in [-0.25, -0.2) is 4.39 Å². The normalized spacial score (nSPS) is 18.3. The smallest absolute Gasteiger partial charge is 0.264 e. The molecule has 2 aromatic rings. The van der Waals surface area contributed by atoms with Crippen molar-refractivity contribution in [2.45, 2.75) is 31.4 Å². The SMILES string of the molecule is O=C(COc1ccc(Cl)c(F)c1)NC1CCN(C(=O)C2CC(=O)c3cc(Cl)ccc3O2)CC1. The Morgan fingerprint density at radius 1 is 1.15 bits per heavy atom. The van der Waals surface area contributed by atoms with E-state index in [4.69, 9.17) is 32.7 Å². The van der Waals surface area contributed by atoms with Crippen molar-refractivity contribution < 1.29 is 28.2 Å². The Morgan fingerprint density at radius 2 is 1.91 bits per heavy atom. The zero-order valence-electron chi connectivity index (χ0n) is 17.5. The van der Waals surface area contributed by atoms with Gasteiger partial charge in [0.1, 0.15) is 17.3 Å². The Balaban J connectivity index is 1.24. The van der Waals surface area contributed by atoms with Crippen molar-refractivity contribution in [1.29, 1.82) is 0 Å². The lowest BCUT2D eigenvalue weighted by Gasteiger charge is -2.35. The summed E-state index contributed by atoms with van der Waals surface area (Å²) in [6.07, 6.45) is 0.205. The highest BCUT2D eigenvalue weighted by Crippen LogP contribution is 2.31. The van der Waals surface area contributed by atoms with E-state index in [-0.39, 0.29) is 47.4 Å². The molecule has 1 N–H and O–H groups in total. The van der Waals surface area contributed by atoms with Crippen molar-refractivity contribution >= 4 is 40.8 Å². The number of Topliss-reactive ketones (excluding diaryl/α,β-unsaturated/α-hetero) is 1. The predicted molar refractivity (Wildman–Crippen MR) is 119 cm³/mol. The summed E-state index contributed by atoms with van der Waals surface area (Å²) in [7, 11) is 0. The Hall–Kier alpha value is -2.84. The molecule has 2 aliphatic rings. The second-order valence-corrected chi connectivity index (χ2v) is 8.75. The van der Waals surface area contributed by atoms with Crippen molar-refractivity contribution in [3.05, 3.63) is 57.8 Å². The van der Waals surface area contributed by atoms with Gasteiger partial charge in [-0.15, -0.1) is 0 Å². The lowest BCUT2D eigenvalue weighted by molar-refractivity contribution is -0.140. The lowest BCUT2D eigenvalue weighted by Crippen LogP contribution is -2.51. The molecule has 2 heterocycles. The first kappa shape index (κ1) is 23.3. The molecule has 1 unspecified atom stereocenters. The second kappa shape index (κ2) is 9.97. The number of hydrogen-bond donors (Lipinski definition) is 1. The van der Waals surface area contributed by atoms with Crippen molar-refractivity contribution in [2.75, 3.05) is 19.7 Å². The molecule has 0 bridgehead atoms. The standard InChI is InChI=1S/C23H21Cl2FN2O5/c24-13-1-4-20-16(9-13)19(29)11-21(33-20)23(31)28-7-5-14(6-8-28)27-22(30)12-32-15-2-3-17(25)18(26)10-15/h1-4,9-10,14,21H,5-8,11-12H2,(H,27,30). The minimum atomic E-state index is -0.870. The van der Waals surface area contributed by atoms with Crippen LogP contribution in [0.5, 0.6) is 11.5 Å². The van der Waals surface area contributed by atoms with E-state index >= 15 is 0 Å². The summed E-state index contributed by atoms with van der Waals surface area (Å²) in [5.41, 5.74) is 0.386. The molecule has 7 nitrogen and oxygen atoms in total. The van der Waals surface area contributed by atoms with Gasteiger partial charge in [-0.2, -0.15) is 0 Å². The molecule has 1 atom stereocenters. The number of amides is 2. The monoisotopic (exact) mass is 494 g/mol. The van der Waals surface area contributed by atoms with E-state index in [2.05, 4.69) is 5.32 Å². The number of ketones is 1. The Bertz CT molecular complexity index is 1090. The van der Waals surface area contributed by atoms with Crippen LogP contribution >= 0.6 is 23.2 Å². The summed E-state index contributed by atoms with van der Waals surface area (Å²) in [6, 6.07) is 8.58. The highest BCUT2D eigenvalue weighted by molar-refractivity contribution is 6.31. The van der Waals surface area contributed by atoms with Gasteiger partial charge in [-0.05, 0) is 43.2 Å². The molecule has 4 rings (SSSR count). The van der Waals surface area contributed by atoms with E-state index in [0.29, 0.717) is 42.3 Å². The number of nitrogens with one attached hydrogen (secondary N) is 1. The maximum Gasteiger partial charge on any atom is 0.264 e. The van der Waals surface area contributed by atoms with Crippen molar-refractivity contribution in [1.82, 2.24) is 10.2 Å². The second-order valence-electron chi connectivity index (χ2n) is 7.91. The number of halogens is 3. The molecule has 0 aromatic heterocycles. The molecule has 1 saturated heterocycles. The lowest BCUT2D eigenvalue weighted by atomic mass is 9.98. The van der Waals surface area contributed by atoms with E-state index in [1.165, 1.54) is 12.1 Å². The Morgan fingerprint density at radius 3 is 2.64 bits per heavy atom. The zero-order valence-corrected chi connectivity index (χ0v) is 19.0. The first-order chi connectivity index (χ1) is 15.8. The first-order valence-corrected chi connectivity index (χ1v) is 11.2. The Labute approximate surface area is 199 Å². The largest absolute Gasteiger partial charge is 0.484 e. The molecule has 2 amide bonds. The van der Waals surface area contributed by atoms with E-state index in [9.17, 15) is 18.8 Å². The number of piperidine rings is 1. The van der Waals surface area contributed by atoms with Gasteiger partial charge in [0.05, 0.1) is 17.0 Å². The van der Waals surface area contributed by atoms with E-state index in [1.807, 2.05) is 0 Å². The minimum Gasteiger partial charge on any atom is -0.484 e. The molecule has 33 heavy (non-hydrogen) atoms. The van der Waals surface area contributed by atoms with Crippen LogP contribution in [0.2, 0.25) is 10.0 Å². The highest BCUT2D eigenvalue weighted by atomic mass is 35.5. The van der Waals surface area contributed by atoms with Crippen LogP contribution in [0.25, 0.3) is 0 Å². The fourth-order valence-electron chi connectivity index (χ4n) is 3.87. The third-order valence-corrected chi connectivity index (χ3v) is 6.13. The molecule has 1 fully saturated rings. The number of fused-ring (bicyclic) bond motifs is 1. The van der Waals surface area contributed by atoms with Crippen molar-refractivity contribution in [2.24, 2.45) is 0 Å². The van der Waals surface area contributed by atoms with Crippen LogP contribution in [-0.4, -0.2) is 54.3 Å². The molecular weight excluding hydrogens is 474 g/mol. The summed E-state index contributed by atoms with van der Waals surface area (Å²) in [6.45, 7) is 0.588. The quantitative estimate of drug-likeness (QED) is 0.685. The average Bonchev–Trinajstić information content (AvgIpc) is 2.80. The van der Waals surface area contributed by atoms with Gasteiger partial charge in [-0.3, -0.25) is 14.4 Å². The topological polar surface area (TPSA) is 84.9 Å². The maximum absolute atomic E-state index is 13.4. The predicted octanol–water partition coefficient (Wildman–Crippen LogP) is 3.65. The van der Waals surface area contributed by atoms with Crippen LogP contribution in [0.1, 0.15) is 29.6 Å². The van der Waals surface area contributed by atoms with Crippen LogP contribution in [-0.2, 0) is 9.59 Å². The number of ether oxygens (including phenoxy) is 2. The molecule has 0 aliphatic carbocycles. The van der Waals surface area contributed by atoms with Crippen LogP contribution in [0.15, 0.2) is 36.4 Å². The van der Waals surface area contributed by atoms with E-state index in [1.54, 1.807) is 23.1 Å². The summed E-state index contributed by atoms with van der Waals surface area (Å²) in [5, 5.41) is 3.27. The average molecular weight is 495 g/mol. The molecule has 10 heteroatoms. The number of rotatable bonds is 5. The maximum atomic E-state index is 13.4. The zero-order chi connectivity index (χ0) is 23.5. The van der Waals surface area contributed by atoms with Crippen molar-refractivity contribution in [3.63, 3.8) is 0 Å². The van der Waals surface area contributed by atoms with Gasteiger partial charge < -0.3 is 19.7 Å². The summed E-state index contributed by atoms with van der Waals surface area (Å²) < 4.78 is 24.5. The molecule has 0 radical (unpaired) electrons. The summed E-state index contributed by atoms with van der Waals surface area (Å²) in [4.78, 5) is 39.1. The third-order valence-electron chi connectivity index (χ3n) is 5.59. The van der Waals surface area contributed by atoms with Gasteiger partial charge >= 0.3 is 0 Å². The minimum absolute atomic E-state index is 0.0234. The molecular formula is C23H21Cl2FN2O5. The van der Waals surface area contributed by atoms with Gasteiger partial charge in [-0.1, -0.05) is 23.2 Å². The first-order valence-electron chi connectivity index (χ1n) is 10.5. The van der Waals surface area contributed by atoms with Gasteiger partial charge in [0.2, 0.25) is 0 Å². The van der Waals surface area contributed by atoms with Crippen LogP contribution in [0, 0.1) is 5.82 Å². The van der Waals surface area contributed by atoms with Gasteiger partial charge in [0.15, 0.2) is 18.5 Å². The molecule has 174 valence electrons. The number of hydrogen-bond acceptors (Lipinski definition) is 5. The summed E-state index contributed by atoms with van der Waals surface area (Å²) in [5.74, 6) is -0.828. The number of nitrogens with zero attached hydrogens (tertiary/aromatic N) is 1.